The zero-order valence-electron chi connectivity index (χ0n) is 10.5. The second-order valence-corrected chi connectivity index (χ2v) is 4.22. The van der Waals surface area contributed by atoms with Crippen LogP contribution >= 0.6 is 0 Å². The van der Waals surface area contributed by atoms with Gasteiger partial charge in [-0.1, -0.05) is 13.0 Å². The first-order valence-electron chi connectivity index (χ1n) is 6.04. The number of rotatable bonds is 2. The van der Waals surface area contributed by atoms with Crippen LogP contribution in [-0.2, 0) is 6.42 Å². The third-order valence-corrected chi connectivity index (χ3v) is 3.02. The van der Waals surface area contributed by atoms with Gasteiger partial charge in [0.1, 0.15) is 0 Å². The monoisotopic (exact) mass is 238 g/mol. The molecule has 3 aromatic heterocycles. The number of aryl methyl sites for hydroxylation is 2. The van der Waals surface area contributed by atoms with Gasteiger partial charge in [-0.05, 0) is 25.5 Å². The zero-order chi connectivity index (χ0) is 12.5. The van der Waals surface area contributed by atoms with Crippen molar-refractivity contribution >= 4 is 5.65 Å². The summed E-state index contributed by atoms with van der Waals surface area (Å²) in [7, 11) is 0. The van der Waals surface area contributed by atoms with Crippen LogP contribution in [0.25, 0.3) is 17.0 Å². The number of hydrogen-bond donors (Lipinski definition) is 0. The molecule has 0 saturated heterocycles. The van der Waals surface area contributed by atoms with Gasteiger partial charge in [-0.2, -0.15) is 0 Å². The number of nitrogens with zero attached hydrogens (tertiary/aromatic N) is 4. The van der Waals surface area contributed by atoms with Crippen LogP contribution in [0.5, 0.6) is 0 Å². The van der Waals surface area contributed by atoms with Gasteiger partial charge in [0.05, 0.1) is 23.3 Å². The van der Waals surface area contributed by atoms with Gasteiger partial charge in [0.15, 0.2) is 5.65 Å². The van der Waals surface area contributed by atoms with Gasteiger partial charge >= 0.3 is 0 Å². The summed E-state index contributed by atoms with van der Waals surface area (Å²) in [4.78, 5) is 13.3. The highest BCUT2D eigenvalue weighted by molar-refractivity contribution is 5.63. The summed E-state index contributed by atoms with van der Waals surface area (Å²) in [5, 5.41) is 0. The van der Waals surface area contributed by atoms with Gasteiger partial charge in [-0.3, -0.25) is 14.4 Å². The molecule has 0 atom stereocenters. The average molecular weight is 238 g/mol. The number of imidazole rings is 1. The maximum atomic E-state index is 4.66. The molecule has 0 radical (unpaired) electrons. The molecule has 0 aliphatic carbocycles. The Hall–Kier alpha value is -2.23. The van der Waals surface area contributed by atoms with Crippen LogP contribution in [0.2, 0.25) is 0 Å². The molecule has 0 bridgehead atoms. The van der Waals surface area contributed by atoms with Gasteiger partial charge in [0.25, 0.3) is 0 Å². The van der Waals surface area contributed by atoms with Crippen LogP contribution in [-0.4, -0.2) is 19.4 Å². The van der Waals surface area contributed by atoms with E-state index < -0.39 is 0 Å². The van der Waals surface area contributed by atoms with Gasteiger partial charge in [0.2, 0.25) is 0 Å². The normalized spacial score (nSPS) is 11.0. The van der Waals surface area contributed by atoms with E-state index in [1.54, 1.807) is 12.4 Å². The van der Waals surface area contributed by atoms with Crippen molar-refractivity contribution in [1.29, 1.82) is 0 Å². The fourth-order valence-electron chi connectivity index (χ4n) is 2.14. The summed E-state index contributed by atoms with van der Waals surface area (Å²) < 4.78 is 2.03. The summed E-state index contributed by atoms with van der Waals surface area (Å²) in [5.74, 6) is 0. The third kappa shape index (κ3) is 1.66. The Morgan fingerprint density at radius 3 is 2.94 bits per heavy atom. The van der Waals surface area contributed by atoms with E-state index in [0.717, 1.165) is 34.8 Å². The molecule has 0 aliphatic heterocycles. The molecule has 0 saturated carbocycles. The van der Waals surface area contributed by atoms with E-state index in [-0.39, 0.29) is 0 Å². The largest absolute Gasteiger partial charge is 0.295 e. The molecule has 0 aromatic carbocycles. The smallest absolute Gasteiger partial charge is 0.156 e. The SMILES string of the molecule is CCc1cccc(-c2c(C)nc3cnccn23)n1. The molecule has 0 unspecified atom stereocenters. The topological polar surface area (TPSA) is 43.1 Å². The lowest BCUT2D eigenvalue weighted by atomic mass is 10.2. The van der Waals surface area contributed by atoms with Crippen molar-refractivity contribution in [3.63, 3.8) is 0 Å². The average Bonchev–Trinajstić information content (AvgIpc) is 2.74. The second kappa shape index (κ2) is 4.22. The van der Waals surface area contributed by atoms with E-state index in [4.69, 9.17) is 0 Å². The summed E-state index contributed by atoms with van der Waals surface area (Å²) >= 11 is 0. The number of fused-ring (bicyclic) bond motifs is 1. The molecule has 3 heterocycles. The molecular formula is C14H14N4. The quantitative estimate of drug-likeness (QED) is 0.689. The summed E-state index contributed by atoms with van der Waals surface area (Å²) in [6, 6.07) is 6.11. The van der Waals surface area contributed by atoms with Crippen LogP contribution in [0.15, 0.2) is 36.8 Å². The van der Waals surface area contributed by atoms with Crippen molar-refractivity contribution in [2.45, 2.75) is 20.3 Å². The second-order valence-electron chi connectivity index (χ2n) is 4.22. The van der Waals surface area contributed by atoms with Crippen LogP contribution in [0.3, 0.4) is 0 Å². The molecule has 0 spiro atoms. The predicted octanol–water partition coefficient (Wildman–Crippen LogP) is 2.66. The van der Waals surface area contributed by atoms with E-state index >= 15 is 0 Å². The minimum atomic E-state index is 0.855. The maximum Gasteiger partial charge on any atom is 0.156 e. The predicted molar refractivity (Wildman–Crippen MR) is 70.3 cm³/mol. The lowest BCUT2D eigenvalue weighted by Gasteiger charge is -2.04. The highest BCUT2D eigenvalue weighted by Gasteiger charge is 2.11. The Morgan fingerprint density at radius 1 is 1.22 bits per heavy atom. The Kier molecular flexibility index (Phi) is 2.55. The Bertz CT molecular complexity index is 700. The van der Waals surface area contributed by atoms with Gasteiger partial charge in [0, 0.05) is 18.1 Å². The van der Waals surface area contributed by atoms with Crippen molar-refractivity contribution in [2.75, 3.05) is 0 Å². The molecule has 4 nitrogen and oxygen atoms in total. The fraction of sp³-hybridized carbons (Fsp3) is 0.214. The molecule has 0 N–H and O–H groups in total. The summed E-state index contributed by atoms with van der Waals surface area (Å²) in [5.41, 5.74) is 4.93. The van der Waals surface area contributed by atoms with E-state index in [9.17, 15) is 0 Å². The van der Waals surface area contributed by atoms with Crippen molar-refractivity contribution in [2.24, 2.45) is 0 Å². The molecule has 3 rings (SSSR count). The number of hydrogen-bond acceptors (Lipinski definition) is 3. The molecule has 90 valence electrons. The Labute approximate surface area is 105 Å². The molecule has 18 heavy (non-hydrogen) atoms. The van der Waals surface area contributed by atoms with E-state index in [0.29, 0.717) is 0 Å². The fourth-order valence-corrected chi connectivity index (χ4v) is 2.14. The lowest BCUT2D eigenvalue weighted by Crippen LogP contribution is -1.94. The number of pyridine rings is 1. The van der Waals surface area contributed by atoms with Crippen molar-refractivity contribution in [1.82, 2.24) is 19.4 Å². The Morgan fingerprint density at radius 2 is 2.11 bits per heavy atom. The first kappa shape index (κ1) is 10.9. The third-order valence-electron chi connectivity index (χ3n) is 3.02. The van der Waals surface area contributed by atoms with E-state index in [1.165, 1.54) is 0 Å². The van der Waals surface area contributed by atoms with Crippen molar-refractivity contribution < 1.29 is 0 Å². The summed E-state index contributed by atoms with van der Waals surface area (Å²) in [6.45, 7) is 4.11. The minimum absolute atomic E-state index is 0.855. The van der Waals surface area contributed by atoms with E-state index in [1.807, 2.05) is 35.7 Å². The molecule has 0 aliphatic rings. The molecule has 3 aromatic rings. The number of aromatic nitrogens is 4. The highest BCUT2D eigenvalue weighted by atomic mass is 15.0. The molecular weight excluding hydrogens is 224 g/mol. The van der Waals surface area contributed by atoms with E-state index in [2.05, 4.69) is 21.9 Å². The minimum Gasteiger partial charge on any atom is -0.295 e. The van der Waals surface area contributed by atoms with Crippen LogP contribution < -0.4 is 0 Å². The van der Waals surface area contributed by atoms with Crippen molar-refractivity contribution in [3.8, 4) is 11.4 Å². The Balaban J connectivity index is 2.27. The lowest BCUT2D eigenvalue weighted by molar-refractivity contribution is 1.03. The van der Waals surface area contributed by atoms with Crippen LogP contribution in [0.4, 0.5) is 0 Å². The van der Waals surface area contributed by atoms with Gasteiger partial charge < -0.3 is 0 Å². The van der Waals surface area contributed by atoms with Crippen LogP contribution in [0.1, 0.15) is 18.3 Å². The molecule has 0 fully saturated rings. The standard InChI is InChI=1S/C14H14N4/c1-3-11-5-4-6-12(17-11)14-10(2)16-13-9-15-7-8-18(13)14/h4-9H,3H2,1-2H3. The van der Waals surface area contributed by atoms with Gasteiger partial charge in [-0.15, -0.1) is 0 Å². The highest BCUT2D eigenvalue weighted by Crippen LogP contribution is 2.22. The molecule has 0 amide bonds. The van der Waals surface area contributed by atoms with Gasteiger partial charge in [-0.25, -0.2) is 4.98 Å². The first-order chi connectivity index (χ1) is 8.79. The molecule has 4 heteroatoms. The zero-order valence-corrected chi connectivity index (χ0v) is 10.5. The first-order valence-corrected chi connectivity index (χ1v) is 6.04. The van der Waals surface area contributed by atoms with Crippen molar-refractivity contribution in [3.05, 3.63) is 48.2 Å². The maximum absolute atomic E-state index is 4.66. The van der Waals surface area contributed by atoms with Crippen LogP contribution in [0, 0.1) is 6.92 Å². The summed E-state index contributed by atoms with van der Waals surface area (Å²) in [6.07, 6.45) is 6.39.